The molecule has 0 bridgehead atoms. The lowest BCUT2D eigenvalue weighted by Gasteiger charge is -2.32. The van der Waals surface area contributed by atoms with E-state index >= 15 is 0 Å². The maximum absolute atomic E-state index is 12.6. The van der Waals surface area contributed by atoms with E-state index in [-0.39, 0.29) is 5.91 Å². The topological polar surface area (TPSA) is 101 Å². The van der Waals surface area contributed by atoms with Crippen molar-refractivity contribution in [2.24, 2.45) is 0 Å². The second kappa shape index (κ2) is 8.44. The number of nitriles is 1. The Morgan fingerprint density at radius 3 is 2.78 bits per heavy atom. The molecule has 0 saturated heterocycles. The van der Waals surface area contributed by atoms with Gasteiger partial charge in [0.05, 0.1) is 24.0 Å². The minimum atomic E-state index is -0.748. The molecule has 7 nitrogen and oxygen atoms in total. The summed E-state index contributed by atoms with van der Waals surface area (Å²) in [6.45, 7) is 1.76. The number of nitrogens with zero attached hydrogens (tertiary/aromatic N) is 3. The van der Waals surface area contributed by atoms with E-state index in [2.05, 4.69) is 21.6 Å². The Morgan fingerprint density at radius 2 is 2.07 bits per heavy atom. The number of para-hydroxylation sites is 1. The van der Waals surface area contributed by atoms with E-state index in [1.54, 1.807) is 14.0 Å². The molecule has 142 valence electrons. The average molecular weight is 386 g/mol. The van der Waals surface area contributed by atoms with Crippen molar-refractivity contribution in [1.29, 1.82) is 5.26 Å². The predicted octanol–water partition coefficient (Wildman–Crippen LogP) is 3.57. The monoisotopic (exact) mass is 386 g/mol. The van der Waals surface area contributed by atoms with Crippen molar-refractivity contribution in [3.8, 4) is 23.3 Å². The van der Waals surface area contributed by atoms with Gasteiger partial charge in [0.1, 0.15) is 11.3 Å². The number of carbonyl (C=O) groups excluding carboxylic acids is 1. The molecule has 1 aliphatic carbocycles. The van der Waals surface area contributed by atoms with E-state index in [1.807, 2.05) is 24.3 Å². The number of ether oxygens (including phenoxy) is 1. The van der Waals surface area contributed by atoms with Crippen LogP contribution in [0, 0.1) is 11.3 Å². The van der Waals surface area contributed by atoms with Crippen molar-refractivity contribution in [3.05, 3.63) is 24.3 Å². The summed E-state index contributed by atoms with van der Waals surface area (Å²) in [5.74, 6) is 0.778. The van der Waals surface area contributed by atoms with E-state index in [0.717, 1.165) is 19.3 Å². The molecule has 2 aromatic rings. The van der Waals surface area contributed by atoms with Crippen LogP contribution in [0.2, 0.25) is 0 Å². The lowest BCUT2D eigenvalue weighted by atomic mass is 9.83. The quantitative estimate of drug-likeness (QED) is 0.757. The first kappa shape index (κ1) is 19.2. The molecule has 1 aromatic heterocycles. The van der Waals surface area contributed by atoms with Gasteiger partial charge in [0.25, 0.3) is 11.1 Å². The highest BCUT2D eigenvalue weighted by Gasteiger charge is 2.35. The first-order chi connectivity index (χ1) is 13.1. The molecule has 1 saturated carbocycles. The number of amides is 1. The van der Waals surface area contributed by atoms with Gasteiger partial charge in [0.15, 0.2) is 0 Å². The molecule has 1 N–H and O–H groups in total. The molecule has 1 heterocycles. The molecule has 0 spiro atoms. The molecule has 3 rings (SSSR count). The summed E-state index contributed by atoms with van der Waals surface area (Å²) in [7, 11) is 1.58. The Morgan fingerprint density at radius 1 is 1.33 bits per heavy atom. The van der Waals surface area contributed by atoms with Crippen LogP contribution in [0.4, 0.5) is 0 Å². The third-order valence-corrected chi connectivity index (χ3v) is 5.61. The normalized spacial score (nSPS) is 16.9. The molecule has 0 unspecified atom stereocenters. The summed E-state index contributed by atoms with van der Waals surface area (Å²) < 4.78 is 11.0. The van der Waals surface area contributed by atoms with Crippen LogP contribution in [0.3, 0.4) is 0 Å². The van der Waals surface area contributed by atoms with Crippen LogP contribution in [-0.2, 0) is 4.79 Å². The predicted molar refractivity (Wildman–Crippen MR) is 101 cm³/mol. The second-order valence-corrected chi connectivity index (χ2v) is 7.87. The van der Waals surface area contributed by atoms with Gasteiger partial charge in [-0.15, -0.1) is 10.2 Å². The lowest BCUT2D eigenvalue weighted by molar-refractivity contribution is -0.122. The van der Waals surface area contributed by atoms with E-state index in [0.29, 0.717) is 35.3 Å². The summed E-state index contributed by atoms with van der Waals surface area (Å²) >= 11 is 1.18. The highest BCUT2D eigenvalue weighted by Crippen LogP contribution is 2.32. The van der Waals surface area contributed by atoms with Crippen LogP contribution < -0.4 is 10.1 Å². The Hall–Kier alpha value is -2.53. The van der Waals surface area contributed by atoms with Gasteiger partial charge in [-0.05, 0) is 31.9 Å². The number of hydrogen-bond donors (Lipinski definition) is 1. The molecule has 0 aliphatic heterocycles. The summed E-state index contributed by atoms with van der Waals surface area (Å²) in [6.07, 6.45) is 4.43. The minimum absolute atomic E-state index is 0.194. The van der Waals surface area contributed by atoms with Crippen LogP contribution in [0.25, 0.3) is 11.5 Å². The number of nitrogens with one attached hydrogen (secondary N) is 1. The molecule has 27 heavy (non-hydrogen) atoms. The fourth-order valence-corrected chi connectivity index (χ4v) is 3.83. The van der Waals surface area contributed by atoms with Gasteiger partial charge in [-0.25, -0.2) is 0 Å². The molecule has 8 heteroatoms. The molecular weight excluding hydrogens is 364 g/mol. The summed E-state index contributed by atoms with van der Waals surface area (Å²) in [5.41, 5.74) is -0.0521. The Labute approximate surface area is 162 Å². The maximum atomic E-state index is 12.6. The number of hydrogen-bond acceptors (Lipinski definition) is 7. The van der Waals surface area contributed by atoms with E-state index < -0.39 is 10.8 Å². The van der Waals surface area contributed by atoms with Crippen molar-refractivity contribution in [3.63, 3.8) is 0 Å². The highest BCUT2D eigenvalue weighted by atomic mass is 32.2. The Bertz CT molecular complexity index is 839. The van der Waals surface area contributed by atoms with Gasteiger partial charge in [0.2, 0.25) is 5.91 Å². The zero-order chi connectivity index (χ0) is 19.3. The first-order valence-corrected chi connectivity index (χ1v) is 9.82. The summed E-state index contributed by atoms with van der Waals surface area (Å²) in [4.78, 5) is 12.6. The van der Waals surface area contributed by atoms with Gasteiger partial charge >= 0.3 is 0 Å². The number of carbonyl (C=O) groups is 1. The van der Waals surface area contributed by atoms with Crippen LogP contribution >= 0.6 is 11.8 Å². The van der Waals surface area contributed by atoms with Gasteiger partial charge in [-0.3, -0.25) is 4.79 Å². The number of benzene rings is 1. The number of thioether (sulfide) groups is 1. The molecule has 1 aromatic carbocycles. The third kappa shape index (κ3) is 4.42. The SMILES string of the molecule is COc1ccccc1-c1nnc(S[C@@H](C)C(=O)NC2(C#N)CCCCC2)o1. The molecule has 0 radical (unpaired) electrons. The molecule has 1 aliphatic rings. The first-order valence-electron chi connectivity index (χ1n) is 8.94. The van der Waals surface area contributed by atoms with E-state index in [1.165, 1.54) is 11.8 Å². The van der Waals surface area contributed by atoms with Crippen molar-refractivity contribution >= 4 is 17.7 Å². The zero-order valence-electron chi connectivity index (χ0n) is 15.4. The largest absolute Gasteiger partial charge is 0.496 e. The fraction of sp³-hybridized carbons (Fsp3) is 0.474. The van der Waals surface area contributed by atoms with Crippen LogP contribution in [0.5, 0.6) is 5.75 Å². The van der Waals surface area contributed by atoms with Gasteiger partial charge in [-0.2, -0.15) is 5.26 Å². The molecule has 1 fully saturated rings. The Balaban J connectivity index is 1.66. The number of aromatic nitrogens is 2. The average Bonchev–Trinajstić information content (AvgIpc) is 3.16. The molecule has 1 amide bonds. The van der Waals surface area contributed by atoms with E-state index in [4.69, 9.17) is 9.15 Å². The Kier molecular flexibility index (Phi) is 6.01. The summed E-state index contributed by atoms with van der Waals surface area (Å²) in [6, 6.07) is 9.66. The summed E-state index contributed by atoms with van der Waals surface area (Å²) in [5, 5.41) is 20.4. The standard InChI is InChI=1S/C19H22N4O3S/c1-13(16(24)21-19(12-20)10-6-3-7-11-19)27-18-23-22-17(26-18)14-8-4-5-9-15(14)25-2/h4-5,8-9,13H,3,6-7,10-11H2,1-2H3,(H,21,24)/t13-/m0/s1. The lowest BCUT2D eigenvalue weighted by Crippen LogP contribution is -2.50. The zero-order valence-corrected chi connectivity index (χ0v) is 16.2. The third-order valence-electron chi connectivity index (χ3n) is 4.67. The number of methoxy groups -OCH3 is 1. The molecular formula is C19H22N4O3S. The molecule has 1 atom stereocenters. The second-order valence-electron chi connectivity index (χ2n) is 6.58. The number of rotatable bonds is 6. The minimum Gasteiger partial charge on any atom is -0.496 e. The van der Waals surface area contributed by atoms with Crippen LogP contribution in [-0.4, -0.2) is 34.0 Å². The van der Waals surface area contributed by atoms with Gasteiger partial charge in [-0.1, -0.05) is 43.2 Å². The van der Waals surface area contributed by atoms with Crippen molar-refractivity contribution < 1.29 is 13.9 Å². The van der Waals surface area contributed by atoms with Crippen molar-refractivity contribution in [2.45, 2.75) is 55.0 Å². The van der Waals surface area contributed by atoms with Crippen LogP contribution in [0.1, 0.15) is 39.0 Å². The van der Waals surface area contributed by atoms with Crippen molar-refractivity contribution in [2.75, 3.05) is 7.11 Å². The van der Waals surface area contributed by atoms with Gasteiger partial charge in [0, 0.05) is 0 Å². The maximum Gasteiger partial charge on any atom is 0.277 e. The highest BCUT2D eigenvalue weighted by molar-refractivity contribution is 8.00. The van der Waals surface area contributed by atoms with Crippen LogP contribution in [0.15, 0.2) is 33.9 Å². The van der Waals surface area contributed by atoms with E-state index in [9.17, 15) is 10.1 Å². The smallest absolute Gasteiger partial charge is 0.277 e. The van der Waals surface area contributed by atoms with Gasteiger partial charge < -0.3 is 14.5 Å². The fourth-order valence-electron chi connectivity index (χ4n) is 3.15. The van der Waals surface area contributed by atoms with Crippen molar-refractivity contribution in [1.82, 2.24) is 15.5 Å².